The van der Waals surface area contributed by atoms with E-state index in [4.69, 9.17) is 11.6 Å². The van der Waals surface area contributed by atoms with Crippen molar-refractivity contribution in [1.82, 2.24) is 0 Å². The van der Waals surface area contributed by atoms with E-state index in [2.05, 4.69) is 59.3 Å². The molecule has 0 saturated heterocycles. The molecule has 2 heterocycles. The Morgan fingerprint density at radius 3 is 2.41 bits per heavy atom. The quantitative estimate of drug-likeness (QED) is 0.277. The highest BCUT2D eigenvalue weighted by Crippen LogP contribution is 2.47. The molecule has 3 aromatic carbocycles. The van der Waals surface area contributed by atoms with Gasteiger partial charge in [0.15, 0.2) is 0 Å². The molecule has 0 bridgehead atoms. The number of hydrogen-bond donors (Lipinski definition) is 1. The summed E-state index contributed by atoms with van der Waals surface area (Å²) < 4.78 is 0. The van der Waals surface area contributed by atoms with Gasteiger partial charge in [0.05, 0.1) is 4.88 Å². The maximum Gasteiger partial charge on any atom is 0.142 e. The largest absolute Gasteiger partial charge is 0.376 e. The smallest absolute Gasteiger partial charge is 0.142 e. The highest BCUT2D eigenvalue weighted by Gasteiger charge is 2.38. The van der Waals surface area contributed by atoms with E-state index in [1.807, 2.05) is 36.4 Å². The number of benzene rings is 3. The first kappa shape index (κ1) is 20.0. The van der Waals surface area contributed by atoms with Crippen molar-refractivity contribution in [2.75, 3.05) is 0 Å². The van der Waals surface area contributed by atoms with E-state index in [1.54, 1.807) is 22.7 Å². The van der Waals surface area contributed by atoms with Gasteiger partial charge in [-0.1, -0.05) is 66.2 Å². The molecule has 156 valence electrons. The van der Waals surface area contributed by atoms with E-state index in [0.717, 1.165) is 32.9 Å². The van der Waals surface area contributed by atoms with Crippen LogP contribution in [-0.4, -0.2) is 5.11 Å². The summed E-state index contributed by atoms with van der Waals surface area (Å²) in [5.74, 6) is 0. The molecule has 1 unspecified atom stereocenters. The molecule has 1 atom stereocenters. The Labute approximate surface area is 200 Å². The van der Waals surface area contributed by atoms with Crippen LogP contribution in [0.25, 0.3) is 20.9 Å². The van der Waals surface area contributed by atoms with Crippen molar-refractivity contribution in [3.63, 3.8) is 0 Å². The lowest BCUT2D eigenvalue weighted by molar-refractivity contribution is 0.127. The predicted molar refractivity (Wildman–Crippen MR) is 136 cm³/mol. The maximum absolute atomic E-state index is 12.6. The second kappa shape index (κ2) is 7.72. The Morgan fingerprint density at radius 1 is 0.719 bits per heavy atom. The second-order valence-electron chi connectivity index (χ2n) is 8.07. The topological polar surface area (TPSA) is 20.2 Å². The highest BCUT2D eigenvalue weighted by molar-refractivity contribution is 7.20. The highest BCUT2D eigenvalue weighted by atomic mass is 35.5. The molecular formula is C28H19ClOS2. The molecule has 1 N–H and O–H groups in total. The SMILES string of the molecule is OC(c1cccc(Cl)c1)(c1ccc2c(c1)-c1ccccc1C2)c1ccsc1-c1cccs1. The van der Waals surface area contributed by atoms with Gasteiger partial charge < -0.3 is 5.11 Å². The van der Waals surface area contributed by atoms with Crippen molar-refractivity contribution < 1.29 is 5.11 Å². The summed E-state index contributed by atoms with van der Waals surface area (Å²) in [6, 6.07) is 28.7. The van der Waals surface area contributed by atoms with Crippen LogP contribution < -0.4 is 0 Å². The molecule has 6 rings (SSSR count). The maximum atomic E-state index is 12.6. The molecule has 1 nitrogen and oxygen atoms in total. The molecule has 0 aliphatic heterocycles. The van der Waals surface area contributed by atoms with Crippen LogP contribution >= 0.6 is 34.3 Å². The molecular weight excluding hydrogens is 452 g/mol. The van der Waals surface area contributed by atoms with Gasteiger partial charge >= 0.3 is 0 Å². The molecule has 4 heteroatoms. The minimum atomic E-state index is -1.32. The van der Waals surface area contributed by atoms with Crippen LogP contribution in [0.2, 0.25) is 5.02 Å². The van der Waals surface area contributed by atoms with E-state index in [9.17, 15) is 5.11 Å². The molecule has 1 aliphatic carbocycles. The molecule has 1 aliphatic rings. The van der Waals surface area contributed by atoms with Crippen molar-refractivity contribution >= 4 is 34.3 Å². The molecule has 0 spiro atoms. The minimum Gasteiger partial charge on any atom is -0.376 e. The van der Waals surface area contributed by atoms with E-state index >= 15 is 0 Å². The van der Waals surface area contributed by atoms with Crippen molar-refractivity contribution in [3.05, 3.63) is 129 Å². The van der Waals surface area contributed by atoms with Crippen LogP contribution in [0.1, 0.15) is 27.8 Å². The third-order valence-corrected chi connectivity index (χ3v) is 8.46. The van der Waals surface area contributed by atoms with Crippen molar-refractivity contribution in [1.29, 1.82) is 0 Å². The van der Waals surface area contributed by atoms with Gasteiger partial charge in [-0.25, -0.2) is 0 Å². The zero-order valence-electron chi connectivity index (χ0n) is 17.1. The number of rotatable bonds is 4. The van der Waals surface area contributed by atoms with Crippen LogP contribution in [0.4, 0.5) is 0 Å². The van der Waals surface area contributed by atoms with Gasteiger partial charge in [0.25, 0.3) is 0 Å². The standard InChI is InChI=1S/C28H19ClOS2/c29-22-7-3-6-20(16-22)28(30,25-12-14-32-27(25)26-9-4-13-31-26)21-11-10-19-15-18-5-1-2-8-23(18)24(19)17-21/h1-14,16-17,30H,15H2. The van der Waals surface area contributed by atoms with Crippen molar-refractivity contribution in [2.45, 2.75) is 12.0 Å². The van der Waals surface area contributed by atoms with E-state index < -0.39 is 5.60 Å². The predicted octanol–water partition coefficient (Wildman–Crippen LogP) is 7.99. The van der Waals surface area contributed by atoms with Crippen LogP contribution in [0.3, 0.4) is 0 Å². The Kier molecular flexibility index (Phi) is 4.81. The summed E-state index contributed by atoms with van der Waals surface area (Å²) >= 11 is 9.74. The lowest BCUT2D eigenvalue weighted by atomic mass is 9.79. The van der Waals surface area contributed by atoms with Crippen LogP contribution in [0.5, 0.6) is 0 Å². The van der Waals surface area contributed by atoms with Gasteiger partial charge in [-0.3, -0.25) is 0 Å². The fourth-order valence-corrected chi connectivity index (χ4v) is 6.76. The summed E-state index contributed by atoms with van der Waals surface area (Å²) in [6.07, 6.45) is 0.931. The number of halogens is 1. The average molecular weight is 471 g/mol. The lowest BCUT2D eigenvalue weighted by Gasteiger charge is -2.31. The van der Waals surface area contributed by atoms with Gasteiger partial charge in [-0.05, 0) is 80.9 Å². The fourth-order valence-electron chi connectivity index (χ4n) is 4.73. The first-order valence-electron chi connectivity index (χ1n) is 10.5. The molecule has 0 radical (unpaired) electrons. The molecule has 0 amide bonds. The Balaban J connectivity index is 1.61. The average Bonchev–Trinajstić information content (AvgIpc) is 3.57. The summed E-state index contributed by atoms with van der Waals surface area (Å²) in [6.45, 7) is 0. The van der Waals surface area contributed by atoms with Crippen molar-refractivity contribution in [3.8, 4) is 20.9 Å². The Morgan fingerprint density at radius 2 is 1.56 bits per heavy atom. The molecule has 0 fully saturated rings. The van der Waals surface area contributed by atoms with Gasteiger partial charge in [0.2, 0.25) is 0 Å². The normalized spacial score (nSPS) is 14.1. The Hall–Kier alpha value is -2.69. The van der Waals surface area contributed by atoms with Gasteiger partial charge in [0, 0.05) is 15.5 Å². The summed E-state index contributed by atoms with van der Waals surface area (Å²) in [7, 11) is 0. The minimum absolute atomic E-state index is 0.611. The van der Waals surface area contributed by atoms with Gasteiger partial charge in [-0.15, -0.1) is 22.7 Å². The first-order chi connectivity index (χ1) is 15.6. The first-order valence-corrected chi connectivity index (χ1v) is 12.6. The zero-order valence-corrected chi connectivity index (χ0v) is 19.5. The van der Waals surface area contributed by atoms with Crippen LogP contribution in [0, 0.1) is 0 Å². The second-order valence-corrected chi connectivity index (χ2v) is 10.4. The number of thiophene rings is 2. The zero-order chi connectivity index (χ0) is 21.7. The molecule has 2 aromatic heterocycles. The van der Waals surface area contributed by atoms with E-state index in [1.165, 1.54) is 22.3 Å². The number of aliphatic hydroxyl groups is 1. The van der Waals surface area contributed by atoms with Gasteiger partial charge in [-0.2, -0.15) is 0 Å². The monoisotopic (exact) mass is 470 g/mol. The van der Waals surface area contributed by atoms with E-state index in [-0.39, 0.29) is 0 Å². The third kappa shape index (κ3) is 3.08. The molecule has 32 heavy (non-hydrogen) atoms. The summed E-state index contributed by atoms with van der Waals surface area (Å²) in [5, 5.41) is 17.3. The Bertz CT molecular complexity index is 1430. The molecule has 0 saturated carbocycles. The van der Waals surface area contributed by atoms with Gasteiger partial charge in [0.1, 0.15) is 5.60 Å². The summed E-state index contributed by atoms with van der Waals surface area (Å²) in [5.41, 5.74) is 6.27. The number of fused-ring (bicyclic) bond motifs is 3. The summed E-state index contributed by atoms with van der Waals surface area (Å²) in [4.78, 5) is 2.24. The van der Waals surface area contributed by atoms with E-state index in [0.29, 0.717) is 5.02 Å². The third-order valence-electron chi connectivity index (χ3n) is 6.26. The lowest BCUT2D eigenvalue weighted by Crippen LogP contribution is -2.29. The fraction of sp³-hybridized carbons (Fsp3) is 0.0714. The van der Waals surface area contributed by atoms with Crippen molar-refractivity contribution in [2.24, 2.45) is 0 Å². The van der Waals surface area contributed by atoms with Crippen LogP contribution in [0.15, 0.2) is 95.7 Å². The van der Waals surface area contributed by atoms with Crippen LogP contribution in [-0.2, 0) is 12.0 Å². The number of hydrogen-bond acceptors (Lipinski definition) is 3. The molecule has 5 aromatic rings.